The largest absolute Gasteiger partial charge is 0.379 e. The Balaban J connectivity index is 1.16. The summed E-state index contributed by atoms with van der Waals surface area (Å²) in [5.41, 5.74) is 4.54. The SMILES string of the molecule is CC1(CCCCCC(=O)NCCOCCOCCCCCCCl)C(/C=C/C=C/C=C2\N3CCCc4ccc(S(=O)(=O)O)c(c43)C2(C)CCCCS(=O)(=O)O)=[N+]2CCCc3ccc(S(=O)(=O)O)c1c32. The lowest BCUT2D eigenvalue weighted by Crippen LogP contribution is -2.32. The van der Waals surface area contributed by atoms with Gasteiger partial charge < -0.3 is 19.7 Å². The van der Waals surface area contributed by atoms with Crippen molar-refractivity contribution < 1.29 is 57.8 Å². The number of hydrogen-bond acceptors (Lipinski definition) is 10. The predicted molar refractivity (Wildman–Crippen MR) is 265 cm³/mol. The fourth-order valence-corrected chi connectivity index (χ4v) is 13.0. The van der Waals surface area contributed by atoms with Crippen LogP contribution < -0.4 is 10.2 Å². The van der Waals surface area contributed by atoms with Crippen LogP contribution in [-0.4, -0.2) is 113 Å². The third kappa shape index (κ3) is 13.1. The Labute approximate surface area is 408 Å². The number of carbonyl (C=O) groups excluding carboxylic acids is 1. The number of nitrogens with one attached hydrogen (secondary N) is 1. The molecule has 0 aliphatic carbocycles. The molecule has 0 radical (unpaired) electrons. The summed E-state index contributed by atoms with van der Waals surface area (Å²) in [4.78, 5) is 14.5. The number of aryl methyl sites for hydroxylation is 2. The van der Waals surface area contributed by atoms with Crippen LogP contribution in [-0.2, 0) is 68.3 Å². The summed E-state index contributed by atoms with van der Waals surface area (Å²) in [5.74, 6) is 0.197. The number of nitrogens with zero attached hydrogens (tertiary/aromatic N) is 2. The maximum absolute atomic E-state index is 13.0. The summed E-state index contributed by atoms with van der Waals surface area (Å²) >= 11 is 5.71. The molecule has 0 saturated heterocycles. The molecule has 2 atom stereocenters. The molecule has 1 amide bonds. The molecule has 376 valence electrons. The Hall–Kier alpha value is -3.46. The summed E-state index contributed by atoms with van der Waals surface area (Å²) < 4.78 is 118. The molecule has 68 heavy (non-hydrogen) atoms. The van der Waals surface area contributed by atoms with Crippen LogP contribution in [0.1, 0.15) is 126 Å². The molecule has 6 rings (SSSR count). The van der Waals surface area contributed by atoms with Crippen molar-refractivity contribution in [2.75, 3.05) is 62.6 Å². The second-order valence-corrected chi connectivity index (χ2v) is 23.4. The molecule has 2 aromatic carbocycles. The molecular weight excluding hydrogens is 954 g/mol. The highest BCUT2D eigenvalue weighted by Crippen LogP contribution is 2.56. The van der Waals surface area contributed by atoms with E-state index in [9.17, 15) is 43.7 Å². The second-order valence-electron chi connectivity index (χ2n) is 18.7. The third-order valence-corrected chi connectivity index (χ3v) is 16.6. The van der Waals surface area contributed by atoms with Crippen molar-refractivity contribution in [1.29, 1.82) is 0 Å². The molecule has 0 bridgehead atoms. The molecule has 0 aromatic heterocycles. The smallest absolute Gasteiger partial charge is 0.295 e. The molecule has 4 N–H and O–H groups in total. The van der Waals surface area contributed by atoms with E-state index in [2.05, 4.69) is 14.8 Å². The van der Waals surface area contributed by atoms with E-state index in [-0.39, 0.29) is 22.1 Å². The van der Waals surface area contributed by atoms with Crippen molar-refractivity contribution in [3.8, 4) is 0 Å². The number of allylic oxidation sites excluding steroid dienone is 6. The van der Waals surface area contributed by atoms with Gasteiger partial charge in [-0.05, 0) is 95.4 Å². The van der Waals surface area contributed by atoms with Gasteiger partial charge in [-0.1, -0.05) is 62.5 Å². The van der Waals surface area contributed by atoms with E-state index in [4.69, 9.17) is 21.1 Å². The zero-order valence-electron chi connectivity index (χ0n) is 39.4. The maximum atomic E-state index is 13.0. The molecular formula is C49H69ClN3O12S3+. The number of carbonyl (C=O) groups is 1. The molecule has 15 nitrogen and oxygen atoms in total. The molecule has 4 heterocycles. The van der Waals surface area contributed by atoms with Crippen molar-refractivity contribution in [3.63, 3.8) is 0 Å². The van der Waals surface area contributed by atoms with Gasteiger partial charge in [0.2, 0.25) is 11.6 Å². The zero-order chi connectivity index (χ0) is 49.2. The highest BCUT2D eigenvalue weighted by atomic mass is 35.5. The summed E-state index contributed by atoms with van der Waals surface area (Å²) in [6.45, 7) is 7.66. The number of anilines is 1. The number of rotatable bonds is 28. The van der Waals surface area contributed by atoms with Gasteiger partial charge in [0.05, 0.1) is 36.6 Å². The highest BCUT2D eigenvalue weighted by Gasteiger charge is 2.52. The standard InChI is InChI=1S/C49H68ClN3O12S3/c1-48(26-10-6-9-21-43(54)51-29-33-65-35-34-64-32-13-4-3-12-28-50)41(52-30-15-17-37-22-24-39(67(58,59)60)44(48)46(37)52)19-7-5-8-20-42-49(2,27-11-14-36-66(55,56)57)45-40(68(61,62)63)25-23-38-18-16-31-53(42)47(38)45/h5,7-8,19-20,22-25H,3-4,6,9-18,21,26-36H2,1-2H3,(H3-,51,54,55,56,57,58,59,60,61,62,63)/p+1. The zero-order valence-corrected chi connectivity index (χ0v) is 42.6. The van der Waals surface area contributed by atoms with Crippen LogP contribution in [0.5, 0.6) is 0 Å². The molecule has 19 heteroatoms. The van der Waals surface area contributed by atoms with Crippen LogP contribution >= 0.6 is 11.6 Å². The number of alkyl halides is 1. The van der Waals surface area contributed by atoms with E-state index in [1.165, 1.54) is 12.1 Å². The van der Waals surface area contributed by atoms with Gasteiger partial charge in [-0.3, -0.25) is 18.5 Å². The van der Waals surface area contributed by atoms with Crippen LogP contribution in [0, 0.1) is 0 Å². The van der Waals surface area contributed by atoms with Gasteiger partial charge in [-0.25, -0.2) is 0 Å². The van der Waals surface area contributed by atoms with Gasteiger partial charge in [0.1, 0.15) is 16.3 Å². The Morgan fingerprint density at radius 2 is 1.40 bits per heavy atom. The van der Waals surface area contributed by atoms with E-state index in [1.807, 2.05) is 44.2 Å². The highest BCUT2D eigenvalue weighted by molar-refractivity contribution is 7.86. The maximum Gasteiger partial charge on any atom is 0.295 e. The molecule has 0 fully saturated rings. The van der Waals surface area contributed by atoms with E-state index < -0.39 is 46.9 Å². The third-order valence-electron chi connectivity index (χ3n) is 13.8. The first-order chi connectivity index (χ1) is 32.3. The van der Waals surface area contributed by atoms with Crippen LogP contribution in [0.4, 0.5) is 11.4 Å². The summed E-state index contributed by atoms with van der Waals surface area (Å²) in [6, 6.07) is 6.48. The lowest BCUT2D eigenvalue weighted by Gasteiger charge is -2.32. The van der Waals surface area contributed by atoms with E-state index in [1.54, 1.807) is 12.1 Å². The number of ether oxygens (including phenoxy) is 2. The summed E-state index contributed by atoms with van der Waals surface area (Å²) in [5, 5.41) is 2.91. The average Bonchev–Trinajstić information content (AvgIpc) is 3.67. The number of halogens is 1. The number of unbranched alkanes of at least 4 members (excludes halogenated alkanes) is 6. The quantitative estimate of drug-likeness (QED) is 0.0208. The summed E-state index contributed by atoms with van der Waals surface area (Å²) in [6.07, 6.45) is 20.7. The fourth-order valence-electron chi connectivity index (χ4n) is 10.6. The van der Waals surface area contributed by atoms with Crippen LogP contribution in [0.3, 0.4) is 0 Å². The molecule has 2 aromatic rings. The minimum absolute atomic E-state index is 0.0647. The van der Waals surface area contributed by atoms with Crippen LogP contribution in [0.2, 0.25) is 0 Å². The van der Waals surface area contributed by atoms with E-state index in [0.717, 1.165) is 91.7 Å². The molecule has 4 aliphatic rings. The van der Waals surface area contributed by atoms with Gasteiger partial charge in [-0.15, -0.1) is 11.6 Å². The minimum Gasteiger partial charge on any atom is -0.379 e. The predicted octanol–water partition coefficient (Wildman–Crippen LogP) is 8.16. The minimum atomic E-state index is -4.62. The lowest BCUT2D eigenvalue weighted by molar-refractivity contribution is -0.443. The van der Waals surface area contributed by atoms with Gasteiger partial charge >= 0.3 is 0 Å². The molecule has 4 aliphatic heterocycles. The monoisotopic (exact) mass is 1020 g/mol. The van der Waals surface area contributed by atoms with Gasteiger partial charge in [0.15, 0.2) is 5.71 Å². The number of amides is 1. The molecule has 0 saturated carbocycles. The van der Waals surface area contributed by atoms with Gasteiger partial charge in [0, 0.05) is 72.4 Å². The normalized spacial score (nSPS) is 20.9. The first kappa shape index (κ1) is 53.9. The van der Waals surface area contributed by atoms with Gasteiger partial charge in [0.25, 0.3) is 30.4 Å². The topological polar surface area (TPSA) is 217 Å². The fraction of sp³-hybridized carbons (Fsp3) is 0.592. The van der Waals surface area contributed by atoms with E-state index in [0.29, 0.717) is 102 Å². The lowest BCUT2D eigenvalue weighted by atomic mass is 9.74. The molecule has 0 spiro atoms. The van der Waals surface area contributed by atoms with Gasteiger partial charge in [-0.2, -0.15) is 29.8 Å². The van der Waals surface area contributed by atoms with Crippen molar-refractivity contribution in [2.45, 2.75) is 137 Å². The van der Waals surface area contributed by atoms with Crippen LogP contribution in [0.25, 0.3) is 0 Å². The average molecular weight is 1020 g/mol. The van der Waals surface area contributed by atoms with Crippen molar-refractivity contribution in [2.24, 2.45) is 0 Å². The van der Waals surface area contributed by atoms with Crippen LogP contribution in [0.15, 0.2) is 70.1 Å². The Morgan fingerprint density at radius 1 is 0.750 bits per heavy atom. The Morgan fingerprint density at radius 3 is 2.12 bits per heavy atom. The number of hydrogen-bond donors (Lipinski definition) is 4. The Kier molecular flexibility index (Phi) is 18.7. The second kappa shape index (κ2) is 23.6. The van der Waals surface area contributed by atoms with E-state index >= 15 is 0 Å². The first-order valence-electron chi connectivity index (χ1n) is 24.0. The first-order valence-corrected chi connectivity index (χ1v) is 29.0. The molecule has 2 unspecified atom stereocenters. The number of benzene rings is 2. The van der Waals surface area contributed by atoms with Crippen molar-refractivity contribution in [3.05, 3.63) is 82.6 Å². The van der Waals surface area contributed by atoms with Crippen molar-refractivity contribution in [1.82, 2.24) is 5.32 Å². The Bertz CT molecular complexity index is 2610. The summed E-state index contributed by atoms with van der Waals surface area (Å²) in [7, 11) is -13.4. The van der Waals surface area contributed by atoms with Crippen molar-refractivity contribution >= 4 is 64.9 Å².